The van der Waals surface area contributed by atoms with E-state index >= 15 is 0 Å². The number of rotatable bonds is 10. The summed E-state index contributed by atoms with van der Waals surface area (Å²) in [4.78, 5) is 27.1. The predicted molar refractivity (Wildman–Crippen MR) is 151 cm³/mol. The number of ether oxygens (including phenoxy) is 1. The van der Waals surface area contributed by atoms with Gasteiger partial charge in [-0.1, -0.05) is 57.5 Å². The fraction of sp³-hybridized carbons (Fsp3) is 0.310. The molecule has 0 spiro atoms. The van der Waals surface area contributed by atoms with Gasteiger partial charge >= 0.3 is 18.4 Å². The molecule has 0 heterocycles. The Hall–Kier alpha value is -3.99. The number of aromatic carboxylic acids is 1. The number of carbonyl (C=O) groups is 2. The summed E-state index contributed by atoms with van der Waals surface area (Å²) in [6.45, 7) is 9.31. The zero-order chi connectivity index (χ0) is 30.5. The van der Waals surface area contributed by atoms with Crippen LogP contribution in [-0.4, -0.2) is 36.6 Å². The molecule has 12 heteroatoms. The molecule has 3 N–H and O–H groups in total. The molecule has 220 valence electrons. The molecule has 3 aromatic rings. The molecule has 41 heavy (non-hydrogen) atoms. The molecular weight excluding hydrogens is 566 g/mol. The molecule has 0 aliphatic heterocycles. The van der Waals surface area contributed by atoms with Crippen LogP contribution in [0.15, 0.2) is 54.6 Å². The van der Waals surface area contributed by atoms with Gasteiger partial charge in [0, 0.05) is 23.7 Å². The molecule has 3 aromatic carbocycles. The van der Waals surface area contributed by atoms with Crippen molar-refractivity contribution in [2.75, 3.05) is 28.6 Å². The third-order valence-corrected chi connectivity index (χ3v) is 5.95. The average Bonchev–Trinajstić information content (AvgIpc) is 2.83. The van der Waals surface area contributed by atoms with Gasteiger partial charge in [-0.25, -0.2) is 14.0 Å². The summed E-state index contributed by atoms with van der Waals surface area (Å²) in [6.07, 6.45) is -5.11. The number of carbonyl (C=O) groups excluding carboxylic acids is 1. The number of halogens is 5. The molecular formula is C29H30ClF4N3O4. The first-order valence-electron chi connectivity index (χ1n) is 12.7. The molecule has 0 unspecified atom stereocenters. The highest BCUT2D eigenvalue weighted by atomic mass is 35.5. The molecule has 0 saturated heterocycles. The number of benzene rings is 3. The topological polar surface area (TPSA) is 90.9 Å². The minimum Gasteiger partial charge on any atom is -0.478 e. The maximum absolute atomic E-state index is 14.3. The lowest BCUT2D eigenvalue weighted by Gasteiger charge is -2.31. The zero-order valence-electron chi connectivity index (χ0n) is 22.8. The van der Waals surface area contributed by atoms with E-state index in [1.54, 1.807) is 12.1 Å². The van der Waals surface area contributed by atoms with Crippen LogP contribution in [0.5, 0.6) is 5.75 Å². The van der Waals surface area contributed by atoms with Crippen LogP contribution in [0.1, 0.15) is 38.1 Å². The quantitative estimate of drug-likeness (QED) is 0.204. The van der Waals surface area contributed by atoms with E-state index in [2.05, 4.69) is 15.4 Å². The first kappa shape index (κ1) is 31.5. The Kier molecular flexibility index (Phi) is 10.1. The van der Waals surface area contributed by atoms with Crippen molar-refractivity contribution in [3.8, 4) is 16.9 Å². The standard InChI is InChI=1S/C29H30ClF4N3O4/c1-16(2)14-37(15-17(3)4)24-11-8-18(20-6-5-7-25(26(20)27(38)39)41-29(32,33)34)12-23(24)36-28(40)35-22-10-9-19(30)13-21(22)31/h5-13,16-17H,14-15H2,1-4H3,(H,38,39)(H2,35,36,40). The Morgan fingerprint density at radius 2 is 1.59 bits per heavy atom. The SMILES string of the molecule is CC(C)CN(CC(C)C)c1ccc(-c2cccc(OC(F)(F)F)c2C(=O)O)cc1NC(=O)Nc1ccc(Cl)cc1F. The number of anilines is 3. The highest BCUT2D eigenvalue weighted by molar-refractivity contribution is 6.30. The summed E-state index contributed by atoms with van der Waals surface area (Å²) in [5, 5.41) is 15.0. The normalized spacial score (nSPS) is 11.5. The Labute approximate surface area is 240 Å². The lowest BCUT2D eigenvalue weighted by atomic mass is 9.97. The van der Waals surface area contributed by atoms with Crippen molar-refractivity contribution in [3.63, 3.8) is 0 Å². The minimum absolute atomic E-state index is 0.0581. The summed E-state index contributed by atoms with van der Waals surface area (Å²) in [5.41, 5.74) is 0.142. The highest BCUT2D eigenvalue weighted by Crippen LogP contribution is 2.38. The van der Waals surface area contributed by atoms with Crippen molar-refractivity contribution in [2.45, 2.75) is 34.1 Å². The van der Waals surface area contributed by atoms with E-state index in [1.807, 2.05) is 32.6 Å². The van der Waals surface area contributed by atoms with Gasteiger partial charge in [-0.3, -0.25) is 0 Å². The van der Waals surface area contributed by atoms with Gasteiger partial charge < -0.3 is 25.4 Å². The second-order valence-electron chi connectivity index (χ2n) is 10.2. The van der Waals surface area contributed by atoms with Crippen LogP contribution < -0.4 is 20.3 Å². The first-order valence-corrected chi connectivity index (χ1v) is 13.1. The van der Waals surface area contributed by atoms with E-state index in [4.69, 9.17) is 11.6 Å². The number of carboxylic acid groups (broad SMARTS) is 1. The van der Waals surface area contributed by atoms with E-state index < -0.39 is 35.5 Å². The van der Waals surface area contributed by atoms with E-state index in [9.17, 15) is 32.3 Å². The molecule has 0 aliphatic rings. The largest absolute Gasteiger partial charge is 0.573 e. The van der Waals surface area contributed by atoms with Crippen LogP contribution in [0.25, 0.3) is 11.1 Å². The van der Waals surface area contributed by atoms with E-state index in [1.165, 1.54) is 30.3 Å². The monoisotopic (exact) mass is 595 g/mol. The fourth-order valence-corrected chi connectivity index (χ4v) is 4.46. The summed E-state index contributed by atoms with van der Waals surface area (Å²) >= 11 is 5.79. The number of amides is 2. The molecule has 0 aliphatic carbocycles. The average molecular weight is 596 g/mol. The number of carboxylic acids is 1. The summed E-state index contributed by atoms with van der Waals surface area (Å²) in [6, 6.07) is 11.1. The Balaban J connectivity index is 2.13. The van der Waals surface area contributed by atoms with Crippen molar-refractivity contribution in [1.29, 1.82) is 0 Å². The Morgan fingerprint density at radius 3 is 2.15 bits per heavy atom. The number of urea groups is 1. The molecule has 0 saturated carbocycles. The second-order valence-corrected chi connectivity index (χ2v) is 10.6. The molecule has 0 radical (unpaired) electrons. The van der Waals surface area contributed by atoms with Crippen LogP contribution >= 0.6 is 11.6 Å². The Bertz CT molecular complexity index is 1400. The fourth-order valence-electron chi connectivity index (χ4n) is 4.30. The lowest BCUT2D eigenvalue weighted by Crippen LogP contribution is -2.32. The highest BCUT2D eigenvalue weighted by Gasteiger charge is 2.34. The number of nitrogens with one attached hydrogen (secondary N) is 2. The van der Waals surface area contributed by atoms with Gasteiger partial charge in [0.15, 0.2) is 0 Å². The van der Waals surface area contributed by atoms with Gasteiger partial charge in [0.1, 0.15) is 17.1 Å². The lowest BCUT2D eigenvalue weighted by molar-refractivity contribution is -0.274. The van der Waals surface area contributed by atoms with Crippen LogP contribution in [0, 0.1) is 17.7 Å². The van der Waals surface area contributed by atoms with Crippen LogP contribution in [-0.2, 0) is 0 Å². The van der Waals surface area contributed by atoms with Gasteiger partial charge in [-0.15, -0.1) is 13.2 Å². The van der Waals surface area contributed by atoms with Crippen LogP contribution in [0.4, 0.5) is 39.4 Å². The minimum atomic E-state index is -5.11. The number of hydrogen-bond donors (Lipinski definition) is 3. The molecule has 0 atom stereocenters. The van der Waals surface area contributed by atoms with Crippen LogP contribution in [0.3, 0.4) is 0 Å². The number of alkyl halides is 3. The van der Waals surface area contributed by atoms with Gasteiger partial charge in [-0.2, -0.15) is 0 Å². The number of hydrogen-bond acceptors (Lipinski definition) is 4. The molecule has 0 aromatic heterocycles. The van der Waals surface area contributed by atoms with E-state index in [0.717, 1.165) is 12.1 Å². The molecule has 0 fully saturated rings. The predicted octanol–water partition coefficient (Wildman–Crippen LogP) is 8.51. The van der Waals surface area contributed by atoms with Crippen LogP contribution in [0.2, 0.25) is 5.02 Å². The van der Waals surface area contributed by atoms with Gasteiger partial charge in [0.2, 0.25) is 0 Å². The Morgan fingerprint density at radius 1 is 0.951 bits per heavy atom. The van der Waals surface area contributed by atoms with Gasteiger partial charge in [0.25, 0.3) is 0 Å². The first-order chi connectivity index (χ1) is 19.1. The third kappa shape index (κ3) is 8.75. The van der Waals surface area contributed by atoms with Crippen molar-refractivity contribution in [3.05, 3.63) is 71.0 Å². The maximum atomic E-state index is 14.3. The molecule has 2 amide bonds. The van der Waals surface area contributed by atoms with Crippen molar-refractivity contribution in [2.24, 2.45) is 11.8 Å². The molecule has 0 bridgehead atoms. The number of nitrogens with zero attached hydrogens (tertiary/aromatic N) is 1. The molecule has 7 nitrogen and oxygen atoms in total. The smallest absolute Gasteiger partial charge is 0.478 e. The zero-order valence-corrected chi connectivity index (χ0v) is 23.5. The van der Waals surface area contributed by atoms with E-state index in [-0.39, 0.29) is 39.4 Å². The van der Waals surface area contributed by atoms with Crippen molar-refractivity contribution >= 4 is 40.7 Å². The van der Waals surface area contributed by atoms with Gasteiger partial charge in [0.05, 0.1) is 17.1 Å². The maximum Gasteiger partial charge on any atom is 0.573 e. The second kappa shape index (κ2) is 13.1. The molecule has 3 rings (SSSR count). The summed E-state index contributed by atoms with van der Waals surface area (Å²) in [7, 11) is 0. The van der Waals surface area contributed by atoms with Crippen molar-refractivity contribution in [1.82, 2.24) is 0 Å². The summed E-state index contributed by atoms with van der Waals surface area (Å²) in [5.74, 6) is -2.80. The van der Waals surface area contributed by atoms with Crippen molar-refractivity contribution < 1.29 is 37.0 Å². The summed E-state index contributed by atoms with van der Waals surface area (Å²) < 4.78 is 57.3. The van der Waals surface area contributed by atoms with Gasteiger partial charge in [-0.05, 0) is 53.8 Å². The third-order valence-electron chi connectivity index (χ3n) is 5.71. The van der Waals surface area contributed by atoms with E-state index in [0.29, 0.717) is 18.8 Å².